The first kappa shape index (κ1) is 13.1. The van der Waals surface area contributed by atoms with Crippen molar-refractivity contribution in [2.45, 2.75) is 19.3 Å². The van der Waals surface area contributed by atoms with Crippen LogP contribution in [0.5, 0.6) is 0 Å². The van der Waals surface area contributed by atoms with E-state index in [1.54, 1.807) is 6.07 Å². The molecule has 1 unspecified atom stereocenters. The van der Waals surface area contributed by atoms with Crippen molar-refractivity contribution in [1.82, 2.24) is 0 Å². The van der Waals surface area contributed by atoms with Gasteiger partial charge in [-0.1, -0.05) is 42.0 Å². The van der Waals surface area contributed by atoms with E-state index in [-0.39, 0.29) is 11.8 Å². The molecule has 3 nitrogen and oxygen atoms in total. The van der Waals surface area contributed by atoms with Gasteiger partial charge >= 0.3 is 0 Å². The minimum absolute atomic E-state index is 0.328. The molecular formula is C16H18N2O. The highest BCUT2D eigenvalue weighted by Gasteiger charge is 2.18. The second kappa shape index (κ2) is 5.57. The Labute approximate surface area is 113 Å². The fourth-order valence-corrected chi connectivity index (χ4v) is 2.12. The summed E-state index contributed by atoms with van der Waals surface area (Å²) in [5.41, 5.74) is 15.1. The molecule has 4 N–H and O–H groups in total. The number of aryl methyl sites for hydroxylation is 1. The number of nitrogen functional groups attached to an aromatic ring is 1. The summed E-state index contributed by atoms with van der Waals surface area (Å²) in [5, 5.41) is 0. The smallest absolute Gasteiger partial charge is 0.225 e. The molecule has 0 bridgehead atoms. The number of hydrogen-bond acceptors (Lipinski definition) is 2. The van der Waals surface area contributed by atoms with Crippen LogP contribution in [-0.2, 0) is 11.2 Å². The number of carbonyl (C=O) groups excluding carboxylic acids is 1. The van der Waals surface area contributed by atoms with Gasteiger partial charge in [-0.3, -0.25) is 4.79 Å². The van der Waals surface area contributed by atoms with Crippen LogP contribution in [0.15, 0.2) is 48.5 Å². The molecule has 0 spiro atoms. The Morgan fingerprint density at radius 1 is 1.16 bits per heavy atom. The van der Waals surface area contributed by atoms with Crippen LogP contribution < -0.4 is 11.5 Å². The van der Waals surface area contributed by atoms with Crippen LogP contribution in [0.2, 0.25) is 0 Å². The Kier molecular flexibility index (Phi) is 3.85. The van der Waals surface area contributed by atoms with Crippen molar-refractivity contribution < 1.29 is 4.79 Å². The maximum atomic E-state index is 11.7. The number of rotatable bonds is 4. The third-order valence-electron chi connectivity index (χ3n) is 3.22. The van der Waals surface area contributed by atoms with Crippen LogP contribution >= 0.6 is 0 Å². The maximum absolute atomic E-state index is 11.7. The predicted octanol–water partition coefficient (Wildman–Crippen LogP) is 2.39. The van der Waals surface area contributed by atoms with E-state index in [0.717, 1.165) is 11.1 Å². The number of benzene rings is 2. The highest BCUT2D eigenvalue weighted by molar-refractivity contribution is 5.82. The highest BCUT2D eigenvalue weighted by Crippen LogP contribution is 2.22. The normalized spacial score (nSPS) is 12.1. The molecule has 0 aliphatic rings. The number of nitrogens with two attached hydrogens (primary N) is 2. The molecular weight excluding hydrogens is 236 g/mol. The van der Waals surface area contributed by atoms with Crippen molar-refractivity contribution in [1.29, 1.82) is 0 Å². The van der Waals surface area contributed by atoms with Gasteiger partial charge in [-0.25, -0.2) is 0 Å². The lowest BCUT2D eigenvalue weighted by molar-refractivity contribution is -0.119. The minimum Gasteiger partial charge on any atom is -0.399 e. The zero-order chi connectivity index (χ0) is 13.8. The van der Waals surface area contributed by atoms with E-state index in [0.29, 0.717) is 12.1 Å². The van der Waals surface area contributed by atoms with E-state index < -0.39 is 0 Å². The number of anilines is 1. The van der Waals surface area contributed by atoms with E-state index in [2.05, 4.69) is 0 Å². The van der Waals surface area contributed by atoms with Gasteiger partial charge in [0.1, 0.15) is 0 Å². The molecule has 3 heteroatoms. The van der Waals surface area contributed by atoms with Gasteiger partial charge in [0.05, 0.1) is 5.92 Å². The molecule has 0 radical (unpaired) electrons. The van der Waals surface area contributed by atoms with Gasteiger partial charge < -0.3 is 11.5 Å². The van der Waals surface area contributed by atoms with Crippen molar-refractivity contribution in [3.8, 4) is 0 Å². The topological polar surface area (TPSA) is 69.1 Å². The summed E-state index contributed by atoms with van der Waals surface area (Å²) in [6.45, 7) is 2.03. The number of carbonyl (C=O) groups is 1. The number of hydrogen-bond donors (Lipinski definition) is 2. The van der Waals surface area contributed by atoms with E-state index in [9.17, 15) is 4.79 Å². The minimum atomic E-state index is -0.341. The molecule has 0 fully saturated rings. The first-order chi connectivity index (χ1) is 9.06. The summed E-state index contributed by atoms with van der Waals surface area (Å²) in [7, 11) is 0. The van der Waals surface area contributed by atoms with Gasteiger partial charge in [-0.2, -0.15) is 0 Å². The summed E-state index contributed by atoms with van der Waals surface area (Å²) >= 11 is 0. The molecule has 2 aromatic carbocycles. The molecule has 0 aromatic heterocycles. The van der Waals surface area contributed by atoms with Crippen molar-refractivity contribution in [2.24, 2.45) is 5.73 Å². The molecule has 2 aromatic rings. The Morgan fingerprint density at radius 2 is 1.84 bits per heavy atom. The maximum Gasteiger partial charge on any atom is 0.225 e. The summed E-state index contributed by atoms with van der Waals surface area (Å²) in [6, 6.07) is 15.5. The summed E-state index contributed by atoms with van der Waals surface area (Å²) in [4.78, 5) is 11.7. The fraction of sp³-hybridized carbons (Fsp3) is 0.188. The van der Waals surface area contributed by atoms with Gasteiger partial charge in [0.25, 0.3) is 0 Å². The van der Waals surface area contributed by atoms with Crippen molar-refractivity contribution in [2.75, 3.05) is 5.73 Å². The zero-order valence-corrected chi connectivity index (χ0v) is 11.0. The van der Waals surface area contributed by atoms with Crippen LogP contribution in [0, 0.1) is 6.92 Å². The zero-order valence-electron chi connectivity index (χ0n) is 11.0. The Balaban J connectivity index is 2.26. The van der Waals surface area contributed by atoms with E-state index in [1.165, 1.54) is 5.56 Å². The van der Waals surface area contributed by atoms with Crippen LogP contribution in [-0.4, -0.2) is 5.91 Å². The summed E-state index contributed by atoms with van der Waals surface area (Å²) in [6.07, 6.45) is 0.596. The van der Waals surface area contributed by atoms with Crippen LogP contribution in [0.1, 0.15) is 22.6 Å². The third kappa shape index (κ3) is 3.35. The third-order valence-corrected chi connectivity index (χ3v) is 3.22. The van der Waals surface area contributed by atoms with Crippen molar-refractivity contribution in [3.63, 3.8) is 0 Å². The Morgan fingerprint density at radius 3 is 2.42 bits per heavy atom. The van der Waals surface area contributed by atoms with Crippen LogP contribution in [0.25, 0.3) is 0 Å². The second-order valence-corrected chi connectivity index (χ2v) is 4.81. The lowest BCUT2D eigenvalue weighted by Gasteiger charge is -2.14. The summed E-state index contributed by atoms with van der Waals surface area (Å²) < 4.78 is 0. The fourth-order valence-electron chi connectivity index (χ4n) is 2.12. The van der Waals surface area contributed by atoms with Gasteiger partial charge in [-0.15, -0.1) is 0 Å². The summed E-state index contributed by atoms with van der Waals surface area (Å²) in [5.74, 6) is -0.669. The predicted molar refractivity (Wildman–Crippen MR) is 77.7 cm³/mol. The van der Waals surface area contributed by atoms with Gasteiger partial charge in [-0.05, 0) is 36.6 Å². The molecule has 0 saturated heterocycles. The van der Waals surface area contributed by atoms with E-state index in [4.69, 9.17) is 11.5 Å². The monoisotopic (exact) mass is 254 g/mol. The van der Waals surface area contributed by atoms with Crippen LogP contribution in [0.3, 0.4) is 0 Å². The molecule has 0 heterocycles. The molecule has 98 valence electrons. The second-order valence-electron chi connectivity index (χ2n) is 4.81. The number of amides is 1. The molecule has 0 aliphatic heterocycles. The van der Waals surface area contributed by atoms with E-state index >= 15 is 0 Å². The quantitative estimate of drug-likeness (QED) is 0.822. The molecule has 0 aliphatic carbocycles. The van der Waals surface area contributed by atoms with Crippen molar-refractivity contribution in [3.05, 3.63) is 65.2 Å². The molecule has 0 saturated carbocycles. The average molecular weight is 254 g/mol. The van der Waals surface area contributed by atoms with Gasteiger partial charge in [0.15, 0.2) is 0 Å². The largest absolute Gasteiger partial charge is 0.399 e. The number of primary amides is 1. The van der Waals surface area contributed by atoms with Gasteiger partial charge in [0, 0.05) is 5.69 Å². The lowest BCUT2D eigenvalue weighted by atomic mass is 9.91. The highest BCUT2D eigenvalue weighted by atomic mass is 16.1. The first-order valence-corrected chi connectivity index (χ1v) is 6.26. The first-order valence-electron chi connectivity index (χ1n) is 6.26. The van der Waals surface area contributed by atoms with Gasteiger partial charge in [0.2, 0.25) is 5.91 Å². The standard InChI is InChI=1S/C16H18N2O/c1-11-5-7-12(8-6-11)9-15(16(18)19)13-3-2-4-14(17)10-13/h2-8,10,15H,9,17H2,1H3,(H2,18,19). The van der Waals surface area contributed by atoms with E-state index in [1.807, 2.05) is 49.4 Å². The lowest BCUT2D eigenvalue weighted by Crippen LogP contribution is -2.23. The molecule has 1 atom stereocenters. The average Bonchev–Trinajstić information content (AvgIpc) is 2.37. The Hall–Kier alpha value is -2.29. The van der Waals surface area contributed by atoms with Crippen molar-refractivity contribution >= 4 is 11.6 Å². The molecule has 1 amide bonds. The molecule has 19 heavy (non-hydrogen) atoms. The molecule has 2 rings (SSSR count). The van der Waals surface area contributed by atoms with Crippen LogP contribution in [0.4, 0.5) is 5.69 Å². The Bertz CT molecular complexity index is 576. The SMILES string of the molecule is Cc1ccc(CC(C(N)=O)c2cccc(N)c2)cc1.